The van der Waals surface area contributed by atoms with Crippen LogP contribution in [0.3, 0.4) is 0 Å². The van der Waals surface area contributed by atoms with Gasteiger partial charge >= 0.3 is 5.97 Å². The van der Waals surface area contributed by atoms with Gasteiger partial charge in [0.2, 0.25) is 5.91 Å². The molecule has 1 heterocycles. The van der Waals surface area contributed by atoms with Gasteiger partial charge in [0.25, 0.3) is 0 Å². The lowest BCUT2D eigenvalue weighted by molar-refractivity contribution is -0.159. The van der Waals surface area contributed by atoms with E-state index in [0.29, 0.717) is 25.8 Å². The number of hydrogen-bond acceptors (Lipinski definition) is 4. The fourth-order valence-corrected chi connectivity index (χ4v) is 3.43. The van der Waals surface area contributed by atoms with Gasteiger partial charge in [0.05, 0.1) is 13.7 Å². The quantitative estimate of drug-likeness (QED) is 0.819. The fourth-order valence-electron chi connectivity index (χ4n) is 3.43. The summed E-state index contributed by atoms with van der Waals surface area (Å²) in [5.74, 6) is -0.115. The van der Waals surface area contributed by atoms with Crippen molar-refractivity contribution >= 4 is 11.9 Å². The van der Waals surface area contributed by atoms with Gasteiger partial charge in [-0.25, -0.2) is 0 Å². The van der Waals surface area contributed by atoms with Gasteiger partial charge in [-0.05, 0) is 36.5 Å². The molecule has 0 bridgehead atoms. The number of nitrogens with zero attached hydrogens (tertiary/aromatic N) is 1. The number of rotatable bonds is 7. The lowest BCUT2D eigenvalue weighted by atomic mass is 9.80. The van der Waals surface area contributed by atoms with E-state index in [1.165, 1.54) is 7.11 Å². The van der Waals surface area contributed by atoms with Crippen molar-refractivity contribution in [3.8, 4) is 5.75 Å². The molecule has 0 spiro atoms. The van der Waals surface area contributed by atoms with Crippen molar-refractivity contribution < 1.29 is 24.2 Å². The third-order valence-corrected chi connectivity index (χ3v) is 4.95. The van der Waals surface area contributed by atoms with E-state index >= 15 is 0 Å². The predicted octanol–water partition coefficient (Wildman–Crippen LogP) is 2.53. The SMILES string of the molecule is COCC1(C(=O)O)CCCN(C(=O)CC(C)c2cccc(OC)c2)C1. The number of amides is 1. The monoisotopic (exact) mass is 349 g/mol. The zero-order valence-electron chi connectivity index (χ0n) is 15.2. The highest BCUT2D eigenvalue weighted by molar-refractivity contribution is 5.80. The minimum absolute atomic E-state index is 0.0169. The molecule has 1 aromatic rings. The van der Waals surface area contributed by atoms with Crippen LogP contribution in [0.2, 0.25) is 0 Å². The number of carbonyl (C=O) groups excluding carboxylic acids is 1. The predicted molar refractivity (Wildman–Crippen MR) is 93.8 cm³/mol. The van der Waals surface area contributed by atoms with E-state index < -0.39 is 11.4 Å². The number of carbonyl (C=O) groups is 2. The largest absolute Gasteiger partial charge is 0.497 e. The first-order chi connectivity index (χ1) is 11.9. The van der Waals surface area contributed by atoms with Crippen LogP contribution in [0.25, 0.3) is 0 Å². The van der Waals surface area contributed by atoms with E-state index in [9.17, 15) is 14.7 Å². The molecule has 1 fully saturated rings. The summed E-state index contributed by atoms with van der Waals surface area (Å²) < 4.78 is 10.3. The number of benzene rings is 1. The summed E-state index contributed by atoms with van der Waals surface area (Å²) in [6, 6.07) is 7.68. The van der Waals surface area contributed by atoms with E-state index in [2.05, 4.69) is 0 Å². The Morgan fingerprint density at radius 2 is 2.12 bits per heavy atom. The molecule has 25 heavy (non-hydrogen) atoms. The molecule has 6 nitrogen and oxygen atoms in total. The van der Waals surface area contributed by atoms with Crippen molar-refractivity contribution in [3.63, 3.8) is 0 Å². The Bertz CT molecular complexity index is 614. The number of ether oxygens (including phenoxy) is 2. The fraction of sp³-hybridized carbons (Fsp3) is 0.579. The van der Waals surface area contributed by atoms with E-state index in [0.717, 1.165) is 11.3 Å². The zero-order valence-corrected chi connectivity index (χ0v) is 15.2. The van der Waals surface area contributed by atoms with Crippen molar-refractivity contribution in [1.82, 2.24) is 4.90 Å². The van der Waals surface area contributed by atoms with Gasteiger partial charge in [-0.1, -0.05) is 19.1 Å². The van der Waals surface area contributed by atoms with Gasteiger partial charge in [0.1, 0.15) is 11.2 Å². The summed E-state index contributed by atoms with van der Waals surface area (Å²) in [5.41, 5.74) is 0.0353. The second-order valence-corrected chi connectivity index (χ2v) is 6.82. The molecule has 0 saturated carbocycles. The van der Waals surface area contributed by atoms with Crippen molar-refractivity contribution in [2.45, 2.75) is 32.1 Å². The van der Waals surface area contributed by atoms with Crippen molar-refractivity contribution in [2.24, 2.45) is 5.41 Å². The minimum Gasteiger partial charge on any atom is -0.497 e. The van der Waals surface area contributed by atoms with Crippen LogP contribution in [0.1, 0.15) is 37.7 Å². The van der Waals surface area contributed by atoms with Crippen LogP contribution in [0.15, 0.2) is 24.3 Å². The number of carboxylic acid groups (broad SMARTS) is 1. The van der Waals surface area contributed by atoms with Gasteiger partial charge < -0.3 is 19.5 Å². The summed E-state index contributed by atoms with van der Waals surface area (Å²) in [7, 11) is 3.11. The second kappa shape index (κ2) is 8.34. The van der Waals surface area contributed by atoms with Crippen LogP contribution in [0.5, 0.6) is 5.75 Å². The van der Waals surface area contributed by atoms with Crippen LogP contribution in [-0.2, 0) is 14.3 Å². The lowest BCUT2D eigenvalue weighted by Crippen LogP contribution is -2.52. The van der Waals surface area contributed by atoms with Gasteiger partial charge in [0.15, 0.2) is 0 Å². The molecule has 2 unspecified atom stereocenters. The highest BCUT2D eigenvalue weighted by atomic mass is 16.5. The smallest absolute Gasteiger partial charge is 0.313 e. The normalized spacial score (nSPS) is 21.6. The Morgan fingerprint density at radius 3 is 2.76 bits per heavy atom. The third kappa shape index (κ3) is 4.51. The highest BCUT2D eigenvalue weighted by Crippen LogP contribution is 2.32. The van der Waals surface area contributed by atoms with Crippen molar-refractivity contribution in [2.75, 3.05) is 33.9 Å². The standard InChI is InChI=1S/C19H27NO5/c1-14(15-6-4-7-16(11-15)25-3)10-17(21)20-9-5-8-19(12-20,13-24-2)18(22)23/h4,6-7,11,14H,5,8-10,12-13H2,1-3H3,(H,22,23). The molecule has 1 N–H and O–H groups in total. The summed E-state index contributed by atoms with van der Waals surface area (Å²) in [6.45, 7) is 2.93. The van der Waals surface area contributed by atoms with E-state index in [1.54, 1.807) is 12.0 Å². The van der Waals surface area contributed by atoms with E-state index in [1.807, 2.05) is 31.2 Å². The Kier molecular flexibility index (Phi) is 6.42. The van der Waals surface area contributed by atoms with Crippen LogP contribution >= 0.6 is 0 Å². The number of hydrogen-bond donors (Lipinski definition) is 1. The van der Waals surface area contributed by atoms with Crippen LogP contribution in [0.4, 0.5) is 0 Å². The third-order valence-electron chi connectivity index (χ3n) is 4.95. The maximum Gasteiger partial charge on any atom is 0.313 e. The zero-order chi connectivity index (χ0) is 18.4. The summed E-state index contributed by atoms with van der Waals surface area (Å²) in [6.07, 6.45) is 1.55. The molecule has 2 atom stereocenters. The van der Waals surface area contributed by atoms with Gasteiger partial charge in [-0.3, -0.25) is 9.59 Å². The molecular formula is C19H27NO5. The Labute approximate surface area is 148 Å². The molecule has 2 rings (SSSR count). The van der Waals surface area contributed by atoms with Gasteiger partial charge in [-0.2, -0.15) is 0 Å². The average Bonchev–Trinajstić information content (AvgIpc) is 2.62. The van der Waals surface area contributed by atoms with Crippen molar-refractivity contribution in [1.29, 1.82) is 0 Å². The van der Waals surface area contributed by atoms with Gasteiger partial charge in [-0.15, -0.1) is 0 Å². The Balaban J connectivity index is 2.05. The Morgan fingerprint density at radius 1 is 1.36 bits per heavy atom. The van der Waals surface area contributed by atoms with E-state index in [-0.39, 0.29) is 25.0 Å². The van der Waals surface area contributed by atoms with Crippen LogP contribution < -0.4 is 4.74 Å². The molecule has 1 aliphatic rings. The lowest BCUT2D eigenvalue weighted by Gasteiger charge is -2.39. The number of aliphatic carboxylic acids is 1. The molecule has 0 radical (unpaired) electrons. The first-order valence-electron chi connectivity index (χ1n) is 8.56. The maximum absolute atomic E-state index is 12.7. The molecule has 1 saturated heterocycles. The summed E-state index contributed by atoms with van der Waals surface area (Å²) >= 11 is 0. The first kappa shape index (κ1) is 19.2. The average molecular weight is 349 g/mol. The Hall–Kier alpha value is -2.08. The molecule has 1 aliphatic heterocycles. The summed E-state index contributed by atoms with van der Waals surface area (Å²) in [5, 5.41) is 9.61. The molecule has 6 heteroatoms. The molecule has 0 aromatic heterocycles. The van der Waals surface area contributed by atoms with E-state index in [4.69, 9.17) is 9.47 Å². The molecular weight excluding hydrogens is 322 g/mol. The number of piperidine rings is 1. The molecule has 1 aromatic carbocycles. The number of carboxylic acids is 1. The van der Waals surface area contributed by atoms with Crippen molar-refractivity contribution in [3.05, 3.63) is 29.8 Å². The van der Waals surface area contributed by atoms with Gasteiger partial charge in [0, 0.05) is 26.6 Å². The summed E-state index contributed by atoms with van der Waals surface area (Å²) in [4.78, 5) is 26.1. The maximum atomic E-state index is 12.7. The molecule has 1 amide bonds. The second-order valence-electron chi connectivity index (χ2n) is 6.82. The topological polar surface area (TPSA) is 76.1 Å². The van der Waals surface area contributed by atoms with Crippen LogP contribution in [0, 0.1) is 5.41 Å². The van der Waals surface area contributed by atoms with Crippen LogP contribution in [-0.4, -0.2) is 55.8 Å². The minimum atomic E-state index is -0.998. The molecule has 138 valence electrons. The number of methoxy groups -OCH3 is 2. The first-order valence-corrected chi connectivity index (χ1v) is 8.56. The highest BCUT2D eigenvalue weighted by Gasteiger charge is 2.43. The number of likely N-dealkylation sites (tertiary alicyclic amines) is 1. The molecule has 0 aliphatic carbocycles.